The number of aryl methyl sites for hydroxylation is 1. The van der Waals surface area contributed by atoms with Crippen LogP contribution in [0.25, 0.3) is 16.1 Å². The van der Waals surface area contributed by atoms with Crippen molar-refractivity contribution in [1.82, 2.24) is 19.4 Å². The van der Waals surface area contributed by atoms with Crippen LogP contribution in [0.4, 0.5) is 5.69 Å². The SMILES string of the molecule is Cc1cn(-c2cc(CN3CCCC(N)C3)cc(NC(=O)c3ncc(-c4ccccc4)s3)c2)cn1. The van der Waals surface area contributed by atoms with Crippen LogP contribution in [-0.4, -0.2) is 44.5 Å². The number of likely N-dealkylation sites (tertiary alicyclic amines) is 1. The maximum Gasteiger partial charge on any atom is 0.284 e. The van der Waals surface area contributed by atoms with Crippen LogP contribution in [0.5, 0.6) is 0 Å². The number of thiazole rings is 1. The third kappa shape index (κ3) is 5.25. The van der Waals surface area contributed by atoms with Gasteiger partial charge in [-0.25, -0.2) is 9.97 Å². The number of benzene rings is 2. The van der Waals surface area contributed by atoms with E-state index in [0.29, 0.717) is 5.01 Å². The Balaban J connectivity index is 1.39. The smallest absolute Gasteiger partial charge is 0.284 e. The van der Waals surface area contributed by atoms with Crippen molar-refractivity contribution in [3.05, 3.63) is 83.5 Å². The number of nitrogens with zero attached hydrogens (tertiary/aromatic N) is 4. The number of carbonyl (C=O) groups is 1. The lowest BCUT2D eigenvalue weighted by Gasteiger charge is -2.30. The minimum atomic E-state index is -0.211. The van der Waals surface area contributed by atoms with E-state index in [-0.39, 0.29) is 11.9 Å². The highest BCUT2D eigenvalue weighted by molar-refractivity contribution is 7.17. The van der Waals surface area contributed by atoms with Gasteiger partial charge in [-0.15, -0.1) is 11.3 Å². The van der Waals surface area contributed by atoms with Gasteiger partial charge in [0, 0.05) is 42.9 Å². The number of anilines is 1. The van der Waals surface area contributed by atoms with Crippen molar-refractivity contribution in [1.29, 1.82) is 0 Å². The first-order valence-electron chi connectivity index (χ1n) is 11.5. The second-order valence-corrected chi connectivity index (χ2v) is 9.83. The number of hydrogen-bond acceptors (Lipinski definition) is 6. The maximum absolute atomic E-state index is 13.0. The van der Waals surface area contributed by atoms with E-state index in [1.807, 2.05) is 60.2 Å². The first-order valence-corrected chi connectivity index (χ1v) is 12.3. The molecule has 5 rings (SSSR count). The van der Waals surface area contributed by atoms with Crippen LogP contribution in [-0.2, 0) is 6.54 Å². The molecule has 1 aliphatic heterocycles. The topological polar surface area (TPSA) is 89.1 Å². The second-order valence-electron chi connectivity index (χ2n) is 8.80. The van der Waals surface area contributed by atoms with E-state index in [0.717, 1.165) is 65.5 Å². The highest BCUT2D eigenvalue weighted by Crippen LogP contribution is 2.27. The van der Waals surface area contributed by atoms with Gasteiger partial charge in [-0.1, -0.05) is 30.3 Å². The molecule has 3 heterocycles. The molecule has 3 N–H and O–H groups in total. The average Bonchev–Trinajstić information content (AvgIpc) is 3.49. The summed E-state index contributed by atoms with van der Waals surface area (Å²) < 4.78 is 1.98. The average molecular weight is 473 g/mol. The lowest BCUT2D eigenvalue weighted by atomic mass is 10.1. The fraction of sp³-hybridized carbons (Fsp3) is 0.269. The maximum atomic E-state index is 13.0. The van der Waals surface area contributed by atoms with E-state index in [2.05, 4.69) is 26.3 Å². The molecule has 8 heteroatoms. The number of hydrogen-bond donors (Lipinski definition) is 2. The third-order valence-electron chi connectivity index (χ3n) is 5.95. The van der Waals surface area contributed by atoms with E-state index < -0.39 is 0 Å². The summed E-state index contributed by atoms with van der Waals surface area (Å²) in [4.78, 5) is 25.1. The Labute approximate surface area is 203 Å². The van der Waals surface area contributed by atoms with Gasteiger partial charge in [0.25, 0.3) is 5.91 Å². The Bertz CT molecular complexity index is 1280. The summed E-state index contributed by atoms with van der Waals surface area (Å²) in [6.07, 6.45) is 7.72. The zero-order valence-electron chi connectivity index (χ0n) is 19.1. The number of amides is 1. The molecule has 7 nitrogen and oxygen atoms in total. The van der Waals surface area contributed by atoms with Gasteiger partial charge >= 0.3 is 0 Å². The van der Waals surface area contributed by atoms with Gasteiger partial charge in [-0.05, 0) is 55.6 Å². The second kappa shape index (κ2) is 9.89. The molecular formula is C26H28N6OS. The van der Waals surface area contributed by atoms with Gasteiger partial charge in [-0.2, -0.15) is 0 Å². The predicted molar refractivity (Wildman–Crippen MR) is 136 cm³/mol. The van der Waals surface area contributed by atoms with Crippen molar-refractivity contribution < 1.29 is 4.79 Å². The van der Waals surface area contributed by atoms with Crippen molar-refractivity contribution in [3.8, 4) is 16.1 Å². The highest BCUT2D eigenvalue weighted by Gasteiger charge is 2.18. The van der Waals surface area contributed by atoms with Gasteiger partial charge in [0.1, 0.15) is 0 Å². The summed E-state index contributed by atoms with van der Waals surface area (Å²) in [5, 5.41) is 3.49. The van der Waals surface area contributed by atoms with Gasteiger partial charge in [0.15, 0.2) is 5.01 Å². The molecule has 1 amide bonds. The van der Waals surface area contributed by atoms with Crippen LogP contribution in [0.15, 0.2) is 67.3 Å². The molecule has 4 aromatic rings. The van der Waals surface area contributed by atoms with Crippen LogP contribution in [0.2, 0.25) is 0 Å². The Kier molecular flexibility index (Phi) is 6.53. The normalized spacial score (nSPS) is 16.5. The number of nitrogens with one attached hydrogen (secondary N) is 1. The van der Waals surface area contributed by atoms with E-state index in [1.165, 1.54) is 11.3 Å². The molecule has 1 unspecified atom stereocenters. The molecule has 2 aromatic heterocycles. The number of carbonyl (C=O) groups excluding carboxylic acids is 1. The number of nitrogens with two attached hydrogens (primary N) is 1. The summed E-state index contributed by atoms with van der Waals surface area (Å²) in [6.45, 7) is 4.67. The van der Waals surface area contributed by atoms with Crippen molar-refractivity contribution in [3.63, 3.8) is 0 Å². The first-order chi connectivity index (χ1) is 16.5. The minimum absolute atomic E-state index is 0.211. The zero-order valence-corrected chi connectivity index (χ0v) is 20.0. The Morgan fingerprint density at radius 1 is 1.21 bits per heavy atom. The molecule has 0 bridgehead atoms. The van der Waals surface area contributed by atoms with Crippen molar-refractivity contribution >= 4 is 22.9 Å². The summed E-state index contributed by atoms with van der Waals surface area (Å²) in [7, 11) is 0. The summed E-state index contributed by atoms with van der Waals surface area (Å²) in [6, 6.07) is 16.3. The summed E-state index contributed by atoms with van der Waals surface area (Å²) in [5.41, 5.74) is 11.0. The fourth-order valence-electron chi connectivity index (χ4n) is 4.34. The monoisotopic (exact) mass is 472 g/mol. The number of piperidine rings is 1. The molecule has 1 saturated heterocycles. The largest absolute Gasteiger partial charge is 0.327 e. The summed E-state index contributed by atoms with van der Waals surface area (Å²) >= 11 is 1.39. The standard InChI is InChI=1S/C26H28N6OS/c1-18-14-32(17-29-18)23-11-19(15-31-9-5-8-21(27)16-31)10-22(12-23)30-25(33)26-28-13-24(34-26)20-6-3-2-4-7-20/h2-4,6-7,10-14,17,21H,5,8-9,15-16,27H2,1H3,(H,30,33). The lowest BCUT2D eigenvalue weighted by Crippen LogP contribution is -2.42. The van der Waals surface area contributed by atoms with Gasteiger partial charge < -0.3 is 15.6 Å². The molecule has 174 valence electrons. The molecule has 0 spiro atoms. The minimum Gasteiger partial charge on any atom is -0.327 e. The number of aromatic nitrogens is 3. The molecule has 1 fully saturated rings. The van der Waals surface area contributed by atoms with E-state index in [1.54, 1.807) is 12.5 Å². The molecule has 0 aliphatic carbocycles. The molecule has 0 radical (unpaired) electrons. The third-order valence-corrected chi connectivity index (χ3v) is 7.00. The van der Waals surface area contributed by atoms with E-state index in [9.17, 15) is 4.79 Å². The zero-order chi connectivity index (χ0) is 23.5. The van der Waals surface area contributed by atoms with Gasteiger partial charge in [0.2, 0.25) is 0 Å². The molecule has 2 aromatic carbocycles. The van der Waals surface area contributed by atoms with E-state index in [4.69, 9.17) is 5.73 Å². The molecule has 0 saturated carbocycles. The summed E-state index contributed by atoms with van der Waals surface area (Å²) in [5.74, 6) is -0.211. The van der Waals surface area contributed by atoms with E-state index >= 15 is 0 Å². The molecule has 1 atom stereocenters. The Hall–Kier alpha value is -3.33. The van der Waals surface area contributed by atoms with Crippen LogP contribution in [0, 0.1) is 6.92 Å². The molecule has 34 heavy (non-hydrogen) atoms. The van der Waals surface area contributed by atoms with Gasteiger partial charge in [-0.3, -0.25) is 9.69 Å². The van der Waals surface area contributed by atoms with Crippen molar-refractivity contribution in [2.45, 2.75) is 32.4 Å². The predicted octanol–water partition coefficient (Wildman–Crippen LogP) is 4.48. The fourth-order valence-corrected chi connectivity index (χ4v) is 5.16. The van der Waals surface area contributed by atoms with Gasteiger partial charge in [0.05, 0.1) is 16.9 Å². The highest BCUT2D eigenvalue weighted by atomic mass is 32.1. The number of imidazole rings is 1. The van der Waals surface area contributed by atoms with Crippen LogP contribution >= 0.6 is 11.3 Å². The Morgan fingerprint density at radius 2 is 2.06 bits per heavy atom. The quantitative estimate of drug-likeness (QED) is 0.432. The molecular weight excluding hydrogens is 444 g/mol. The van der Waals surface area contributed by atoms with Crippen LogP contribution in [0.1, 0.15) is 33.9 Å². The number of rotatable bonds is 6. The lowest BCUT2D eigenvalue weighted by molar-refractivity contribution is 0.102. The Morgan fingerprint density at radius 3 is 2.82 bits per heavy atom. The van der Waals surface area contributed by atoms with Crippen LogP contribution in [0.3, 0.4) is 0 Å². The first kappa shape index (κ1) is 22.5. The molecule has 1 aliphatic rings. The van der Waals surface area contributed by atoms with Crippen molar-refractivity contribution in [2.24, 2.45) is 5.73 Å². The van der Waals surface area contributed by atoms with Crippen LogP contribution < -0.4 is 11.1 Å². The van der Waals surface area contributed by atoms with Crippen molar-refractivity contribution in [2.75, 3.05) is 18.4 Å².